The van der Waals surface area contributed by atoms with Crippen LogP contribution in [0.4, 0.5) is 0 Å². The number of thiophene rings is 1. The molecule has 0 aliphatic rings. The summed E-state index contributed by atoms with van der Waals surface area (Å²) in [7, 11) is 1.93. The summed E-state index contributed by atoms with van der Waals surface area (Å²) < 4.78 is 1.12. The highest BCUT2D eigenvalue weighted by atomic mass is 79.9. The average molecular weight is 259 g/mol. The third kappa shape index (κ3) is 3.11. The van der Waals surface area contributed by atoms with E-state index in [0.29, 0.717) is 12.5 Å². The first-order chi connectivity index (χ1) is 6.27. The summed E-state index contributed by atoms with van der Waals surface area (Å²) in [6.45, 7) is 0. The Hall–Kier alpha value is -0.370. The number of nitrogens with zero attached hydrogens (tertiary/aromatic N) is 1. The second-order valence-corrected chi connectivity index (χ2v) is 4.56. The molecular weight excluding hydrogens is 248 g/mol. The standard InChI is InChI=1S/C9H11BrN2S/c1-12-8(3-2-4-11)9-5-7(10)6-13-9/h5-6,8,12H,2-3H2,1H3. The molecule has 0 fully saturated rings. The van der Waals surface area contributed by atoms with E-state index in [9.17, 15) is 0 Å². The molecule has 1 heterocycles. The van der Waals surface area contributed by atoms with Crippen molar-refractivity contribution in [3.8, 4) is 6.07 Å². The van der Waals surface area contributed by atoms with Crippen molar-refractivity contribution < 1.29 is 0 Å². The minimum Gasteiger partial charge on any atom is -0.312 e. The van der Waals surface area contributed by atoms with Crippen molar-refractivity contribution in [3.63, 3.8) is 0 Å². The minimum absolute atomic E-state index is 0.316. The van der Waals surface area contributed by atoms with Gasteiger partial charge in [-0.15, -0.1) is 11.3 Å². The second-order valence-electron chi connectivity index (χ2n) is 2.71. The number of nitrogens with one attached hydrogen (secondary N) is 1. The van der Waals surface area contributed by atoms with Gasteiger partial charge in [0.25, 0.3) is 0 Å². The van der Waals surface area contributed by atoms with E-state index in [1.165, 1.54) is 4.88 Å². The van der Waals surface area contributed by atoms with E-state index in [1.54, 1.807) is 11.3 Å². The van der Waals surface area contributed by atoms with Crippen LogP contribution in [0.5, 0.6) is 0 Å². The highest BCUT2D eigenvalue weighted by molar-refractivity contribution is 9.10. The monoisotopic (exact) mass is 258 g/mol. The maximum Gasteiger partial charge on any atom is 0.0622 e. The van der Waals surface area contributed by atoms with Gasteiger partial charge in [-0.1, -0.05) is 0 Å². The van der Waals surface area contributed by atoms with E-state index >= 15 is 0 Å². The zero-order valence-corrected chi connectivity index (χ0v) is 9.78. The van der Waals surface area contributed by atoms with Gasteiger partial charge in [0.1, 0.15) is 0 Å². The Balaban J connectivity index is 2.62. The van der Waals surface area contributed by atoms with Crippen molar-refractivity contribution in [2.45, 2.75) is 18.9 Å². The predicted octanol–water partition coefficient (Wildman–Crippen LogP) is 3.07. The summed E-state index contributed by atoms with van der Waals surface area (Å²) in [5, 5.41) is 13.7. The molecule has 0 amide bonds. The van der Waals surface area contributed by atoms with Crippen LogP contribution in [-0.2, 0) is 0 Å². The first-order valence-electron chi connectivity index (χ1n) is 4.06. The number of halogens is 1. The second kappa shape index (κ2) is 5.38. The van der Waals surface area contributed by atoms with Gasteiger partial charge in [0.05, 0.1) is 6.07 Å². The molecule has 1 aromatic heterocycles. The van der Waals surface area contributed by atoms with Crippen molar-refractivity contribution in [2.75, 3.05) is 7.05 Å². The topological polar surface area (TPSA) is 35.8 Å². The molecule has 13 heavy (non-hydrogen) atoms. The van der Waals surface area contributed by atoms with E-state index in [0.717, 1.165) is 10.9 Å². The lowest BCUT2D eigenvalue weighted by Gasteiger charge is -2.11. The highest BCUT2D eigenvalue weighted by Crippen LogP contribution is 2.27. The highest BCUT2D eigenvalue weighted by Gasteiger charge is 2.10. The van der Waals surface area contributed by atoms with Crippen LogP contribution in [0.15, 0.2) is 15.9 Å². The Kier molecular flexibility index (Phi) is 4.43. The van der Waals surface area contributed by atoms with E-state index in [2.05, 4.69) is 38.8 Å². The fraction of sp³-hybridized carbons (Fsp3) is 0.444. The number of nitriles is 1. The Morgan fingerprint density at radius 1 is 1.77 bits per heavy atom. The molecular formula is C9H11BrN2S. The fourth-order valence-electron chi connectivity index (χ4n) is 1.15. The van der Waals surface area contributed by atoms with Gasteiger partial charge in [0, 0.05) is 27.2 Å². The predicted molar refractivity (Wildman–Crippen MR) is 58.7 cm³/mol. The molecule has 0 aromatic carbocycles. The van der Waals surface area contributed by atoms with Gasteiger partial charge in [-0.05, 0) is 35.5 Å². The van der Waals surface area contributed by atoms with Gasteiger partial charge in [0.15, 0.2) is 0 Å². The first kappa shape index (κ1) is 10.7. The molecule has 0 saturated carbocycles. The zero-order valence-electron chi connectivity index (χ0n) is 7.38. The molecule has 0 radical (unpaired) electrons. The lowest BCUT2D eigenvalue weighted by atomic mass is 10.1. The third-order valence-electron chi connectivity index (χ3n) is 1.82. The number of hydrogen-bond acceptors (Lipinski definition) is 3. The van der Waals surface area contributed by atoms with Crippen molar-refractivity contribution in [2.24, 2.45) is 0 Å². The summed E-state index contributed by atoms with van der Waals surface area (Å²) in [5.41, 5.74) is 0. The minimum atomic E-state index is 0.316. The maximum atomic E-state index is 8.48. The molecule has 0 saturated heterocycles. The van der Waals surface area contributed by atoms with Crippen LogP contribution in [-0.4, -0.2) is 7.05 Å². The van der Waals surface area contributed by atoms with Gasteiger partial charge in [-0.25, -0.2) is 0 Å². The molecule has 1 rings (SSSR count). The Bertz CT molecular complexity index is 303. The van der Waals surface area contributed by atoms with Gasteiger partial charge in [-0.3, -0.25) is 0 Å². The van der Waals surface area contributed by atoms with E-state index in [-0.39, 0.29) is 0 Å². The lowest BCUT2D eigenvalue weighted by Crippen LogP contribution is -2.14. The molecule has 0 bridgehead atoms. The van der Waals surface area contributed by atoms with Crippen molar-refractivity contribution in [1.29, 1.82) is 5.26 Å². The summed E-state index contributed by atoms with van der Waals surface area (Å²) in [6.07, 6.45) is 1.47. The molecule has 1 N–H and O–H groups in total. The van der Waals surface area contributed by atoms with Crippen LogP contribution in [0.1, 0.15) is 23.8 Å². The Labute approximate surface area is 90.7 Å². The third-order valence-corrected chi connectivity index (χ3v) is 3.63. The molecule has 4 heteroatoms. The quantitative estimate of drug-likeness (QED) is 0.901. The smallest absolute Gasteiger partial charge is 0.0622 e. The summed E-state index contributed by atoms with van der Waals surface area (Å²) in [4.78, 5) is 1.28. The van der Waals surface area contributed by atoms with Crippen molar-refractivity contribution in [1.82, 2.24) is 5.32 Å². The Morgan fingerprint density at radius 2 is 2.54 bits per heavy atom. The molecule has 1 unspecified atom stereocenters. The van der Waals surface area contributed by atoms with Crippen molar-refractivity contribution in [3.05, 3.63) is 20.8 Å². The van der Waals surface area contributed by atoms with Crippen LogP contribution in [0.2, 0.25) is 0 Å². The number of rotatable bonds is 4. The van der Waals surface area contributed by atoms with Crippen molar-refractivity contribution >= 4 is 27.3 Å². The molecule has 1 aromatic rings. The van der Waals surface area contributed by atoms with Crippen LogP contribution in [0.3, 0.4) is 0 Å². The summed E-state index contributed by atoms with van der Waals surface area (Å²) >= 11 is 5.13. The van der Waals surface area contributed by atoms with Crippen LogP contribution < -0.4 is 5.32 Å². The van der Waals surface area contributed by atoms with E-state index in [1.807, 2.05) is 7.05 Å². The van der Waals surface area contributed by atoms with E-state index in [4.69, 9.17) is 5.26 Å². The molecule has 0 aliphatic carbocycles. The first-order valence-corrected chi connectivity index (χ1v) is 5.73. The summed E-state index contributed by atoms with van der Waals surface area (Å²) in [5.74, 6) is 0. The zero-order chi connectivity index (χ0) is 9.68. The fourth-order valence-corrected chi connectivity index (χ4v) is 2.74. The summed E-state index contributed by atoms with van der Waals surface area (Å²) in [6, 6.07) is 4.58. The molecule has 2 nitrogen and oxygen atoms in total. The normalized spacial score (nSPS) is 12.4. The van der Waals surface area contributed by atoms with Gasteiger partial charge in [-0.2, -0.15) is 5.26 Å². The molecule has 1 atom stereocenters. The van der Waals surface area contributed by atoms with Crippen LogP contribution in [0, 0.1) is 11.3 Å². The van der Waals surface area contributed by atoms with Gasteiger partial charge < -0.3 is 5.32 Å². The van der Waals surface area contributed by atoms with E-state index < -0.39 is 0 Å². The molecule has 70 valence electrons. The number of hydrogen-bond donors (Lipinski definition) is 1. The largest absolute Gasteiger partial charge is 0.312 e. The molecule has 0 aliphatic heterocycles. The Morgan fingerprint density at radius 3 is 3.00 bits per heavy atom. The molecule has 0 spiro atoms. The van der Waals surface area contributed by atoms with Crippen LogP contribution >= 0.6 is 27.3 Å². The van der Waals surface area contributed by atoms with Gasteiger partial charge >= 0.3 is 0 Å². The maximum absolute atomic E-state index is 8.48. The van der Waals surface area contributed by atoms with Crippen LogP contribution in [0.25, 0.3) is 0 Å². The van der Waals surface area contributed by atoms with Gasteiger partial charge in [0.2, 0.25) is 0 Å². The lowest BCUT2D eigenvalue weighted by molar-refractivity contribution is 0.566. The average Bonchev–Trinajstić information content (AvgIpc) is 2.54. The SMILES string of the molecule is CNC(CCC#N)c1cc(Br)cs1.